The molecule has 164 valence electrons. The maximum atomic E-state index is 12.2. The van der Waals surface area contributed by atoms with Crippen molar-refractivity contribution in [3.05, 3.63) is 76.3 Å². The third-order valence-electron chi connectivity index (χ3n) is 5.42. The van der Waals surface area contributed by atoms with Crippen molar-refractivity contribution in [2.45, 2.75) is 19.3 Å². The Morgan fingerprint density at radius 2 is 1.88 bits per heavy atom. The molecule has 1 aliphatic rings. The number of piperidine rings is 1. The van der Waals surface area contributed by atoms with E-state index in [0.29, 0.717) is 11.3 Å². The van der Waals surface area contributed by atoms with E-state index in [-0.39, 0.29) is 12.3 Å². The van der Waals surface area contributed by atoms with Gasteiger partial charge in [-0.15, -0.1) is 0 Å². The molecule has 8 heteroatoms. The lowest BCUT2D eigenvalue weighted by atomic mass is 10.1. The van der Waals surface area contributed by atoms with E-state index in [0.717, 1.165) is 42.4 Å². The highest BCUT2D eigenvalue weighted by Crippen LogP contribution is 2.27. The van der Waals surface area contributed by atoms with E-state index in [2.05, 4.69) is 15.4 Å². The lowest BCUT2D eigenvalue weighted by Crippen LogP contribution is -2.30. The van der Waals surface area contributed by atoms with Crippen LogP contribution in [0.15, 0.2) is 65.8 Å². The Balaban J connectivity index is 1.42. The van der Waals surface area contributed by atoms with Crippen molar-refractivity contribution in [3.8, 4) is 5.75 Å². The van der Waals surface area contributed by atoms with Crippen LogP contribution in [0.5, 0.6) is 5.75 Å². The summed E-state index contributed by atoms with van der Waals surface area (Å²) in [4.78, 5) is 25.2. The summed E-state index contributed by atoms with van der Waals surface area (Å²) in [5.41, 5.74) is 3.90. The summed E-state index contributed by atoms with van der Waals surface area (Å²) in [5, 5.41) is 17.2. The van der Waals surface area contributed by atoms with Crippen LogP contribution < -0.4 is 15.1 Å². The molecule has 0 aliphatic carbocycles. The molecule has 1 fully saturated rings. The van der Waals surface area contributed by atoms with Gasteiger partial charge in [0, 0.05) is 41.9 Å². The van der Waals surface area contributed by atoms with Gasteiger partial charge in [-0.1, -0.05) is 36.4 Å². The van der Waals surface area contributed by atoms with Crippen LogP contribution in [0.1, 0.15) is 24.8 Å². The van der Waals surface area contributed by atoms with Crippen molar-refractivity contribution in [1.82, 2.24) is 5.43 Å². The average molecular weight is 432 g/mol. The summed E-state index contributed by atoms with van der Waals surface area (Å²) in [6, 6.07) is 18.2. The van der Waals surface area contributed by atoms with E-state index in [4.69, 9.17) is 4.74 Å². The van der Waals surface area contributed by atoms with Crippen molar-refractivity contribution < 1.29 is 14.5 Å². The topological polar surface area (TPSA) is 97.1 Å². The fourth-order valence-corrected chi connectivity index (χ4v) is 3.85. The predicted octanol–water partition coefficient (Wildman–Crippen LogP) is 4.27. The van der Waals surface area contributed by atoms with E-state index in [9.17, 15) is 14.9 Å². The number of carbonyl (C=O) groups excluding carboxylic acids is 1. The van der Waals surface area contributed by atoms with Gasteiger partial charge in [-0.2, -0.15) is 5.10 Å². The van der Waals surface area contributed by atoms with E-state index in [1.54, 1.807) is 6.07 Å². The highest BCUT2D eigenvalue weighted by Gasteiger charge is 2.17. The number of hydrogen-bond donors (Lipinski definition) is 1. The largest absolute Gasteiger partial charge is 0.483 e. The molecule has 1 amide bonds. The van der Waals surface area contributed by atoms with Gasteiger partial charge in [-0.3, -0.25) is 14.9 Å². The van der Waals surface area contributed by atoms with Crippen molar-refractivity contribution in [1.29, 1.82) is 0 Å². The first-order valence-electron chi connectivity index (χ1n) is 10.6. The maximum absolute atomic E-state index is 12.2. The van der Waals surface area contributed by atoms with Gasteiger partial charge >= 0.3 is 0 Å². The number of benzene rings is 3. The number of rotatable bonds is 7. The third-order valence-corrected chi connectivity index (χ3v) is 5.42. The summed E-state index contributed by atoms with van der Waals surface area (Å²) < 4.78 is 5.67. The lowest BCUT2D eigenvalue weighted by molar-refractivity contribution is -0.384. The molecule has 1 saturated heterocycles. The minimum absolute atomic E-state index is 0.0159. The molecule has 4 rings (SSSR count). The quantitative estimate of drug-likeness (QED) is 0.342. The SMILES string of the molecule is O=C(COc1cccc2ccccc12)N/N=C\c1cc([N+](=O)[O-])ccc1N1CCCCC1. The summed E-state index contributed by atoms with van der Waals surface area (Å²) >= 11 is 0. The Hall–Kier alpha value is -3.94. The van der Waals surface area contributed by atoms with Gasteiger partial charge in [-0.25, -0.2) is 5.43 Å². The zero-order valence-electron chi connectivity index (χ0n) is 17.6. The monoisotopic (exact) mass is 432 g/mol. The minimum Gasteiger partial charge on any atom is -0.483 e. The number of fused-ring (bicyclic) bond motifs is 1. The number of nitro benzene ring substituents is 1. The first kappa shape index (κ1) is 21.3. The molecule has 1 N–H and O–H groups in total. The molecule has 1 heterocycles. The molecular formula is C24H24N4O4. The molecule has 0 radical (unpaired) electrons. The number of nitro groups is 1. The maximum Gasteiger partial charge on any atom is 0.277 e. The number of anilines is 1. The average Bonchev–Trinajstić information content (AvgIpc) is 2.83. The predicted molar refractivity (Wildman–Crippen MR) is 124 cm³/mol. The lowest BCUT2D eigenvalue weighted by Gasteiger charge is -2.29. The molecule has 0 spiro atoms. The molecule has 0 bridgehead atoms. The van der Waals surface area contributed by atoms with Crippen LogP contribution in [0, 0.1) is 10.1 Å². The summed E-state index contributed by atoms with van der Waals surface area (Å²) in [6.07, 6.45) is 4.79. The molecule has 8 nitrogen and oxygen atoms in total. The van der Waals surface area contributed by atoms with Crippen LogP contribution in [0.2, 0.25) is 0 Å². The van der Waals surface area contributed by atoms with Crippen LogP contribution >= 0.6 is 0 Å². The van der Waals surface area contributed by atoms with Gasteiger partial charge in [-0.05, 0) is 36.8 Å². The van der Waals surface area contributed by atoms with Gasteiger partial charge in [0.25, 0.3) is 11.6 Å². The Kier molecular flexibility index (Phi) is 6.60. The van der Waals surface area contributed by atoms with Crippen LogP contribution in [0.3, 0.4) is 0 Å². The second-order valence-electron chi connectivity index (χ2n) is 7.61. The van der Waals surface area contributed by atoms with Crippen molar-refractivity contribution in [3.63, 3.8) is 0 Å². The summed E-state index contributed by atoms with van der Waals surface area (Å²) in [5.74, 6) is 0.201. The van der Waals surface area contributed by atoms with Gasteiger partial charge in [0.05, 0.1) is 11.1 Å². The Morgan fingerprint density at radius 3 is 2.69 bits per heavy atom. The molecule has 32 heavy (non-hydrogen) atoms. The zero-order valence-corrected chi connectivity index (χ0v) is 17.6. The fraction of sp³-hybridized carbons (Fsp3) is 0.250. The molecular weight excluding hydrogens is 408 g/mol. The summed E-state index contributed by atoms with van der Waals surface area (Å²) in [7, 11) is 0. The first-order chi connectivity index (χ1) is 15.6. The normalized spacial score (nSPS) is 13.9. The highest BCUT2D eigenvalue weighted by molar-refractivity contribution is 5.91. The second kappa shape index (κ2) is 9.91. The number of hydrazone groups is 1. The Labute approximate surface area is 185 Å². The smallest absolute Gasteiger partial charge is 0.277 e. The van der Waals surface area contributed by atoms with E-state index in [1.165, 1.54) is 24.8 Å². The summed E-state index contributed by atoms with van der Waals surface area (Å²) in [6.45, 7) is 1.59. The number of amides is 1. The minimum atomic E-state index is -0.437. The van der Waals surface area contributed by atoms with Gasteiger partial charge in [0.1, 0.15) is 5.75 Å². The molecule has 0 aromatic heterocycles. The number of ether oxygens (including phenoxy) is 1. The molecule has 0 atom stereocenters. The first-order valence-corrected chi connectivity index (χ1v) is 10.6. The van der Waals surface area contributed by atoms with Gasteiger partial charge in [0.15, 0.2) is 6.61 Å². The van der Waals surface area contributed by atoms with Crippen molar-refractivity contribution in [2.24, 2.45) is 5.10 Å². The molecule has 0 saturated carbocycles. The van der Waals surface area contributed by atoms with Crippen LogP contribution in [-0.2, 0) is 4.79 Å². The van der Waals surface area contributed by atoms with Crippen LogP contribution in [-0.4, -0.2) is 36.7 Å². The molecule has 0 unspecified atom stereocenters. The molecule has 3 aromatic carbocycles. The molecule has 1 aliphatic heterocycles. The van der Waals surface area contributed by atoms with E-state index < -0.39 is 10.8 Å². The van der Waals surface area contributed by atoms with Crippen LogP contribution in [0.4, 0.5) is 11.4 Å². The van der Waals surface area contributed by atoms with Crippen LogP contribution in [0.25, 0.3) is 10.8 Å². The van der Waals surface area contributed by atoms with Crippen molar-refractivity contribution in [2.75, 3.05) is 24.6 Å². The Bertz CT molecular complexity index is 1150. The van der Waals surface area contributed by atoms with E-state index in [1.807, 2.05) is 42.5 Å². The second-order valence-corrected chi connectivity index (χ2v) is 7.61. The number of carbonyl (C=O) groups is 1. The highest BCUT2D eigenvalue weighted by atomic mass is 16.6. The number of nitrogens with one attached hydrogen (secondary N) is 1. The van der Waals surface area contributed by atoms with Gasteiger partial charge < -0.3 is 9.64 Å². The number of nitrogens with zero attached hydrogens (tertiary/aromatic N) is 3. The Morgan fingerprint density at radius 1 is 1.09 bits per heavy atom. The molecule has 3 aromatic rings. The van der Waals surface area contributed by atoms with Crippen molar-refractivity contribution >= 4 is 34.3 Å². The third kappa shape index (κ3) is 5.03. The fourth-order valence-electron chi connectivity index (χ4n) is 3.85. The van der Waals surface area contributed by atoms with Gasteiger partial charge in [0.2, 0.25) is 0 Å². The standard InChI is InChI=1S/C24H24N4O4/c29-24(17-32-23-10-6-8-18-7-2-3-9-21(18)23)26-25-16-19-15-20(28(30)31)11-12-22(19)27-13-4-1-5-14-27/h2-3,6-12,15-16H,1,4-5,13-14,17H2,(H,26,29)/b25-16-. The number of hydrogen-bond acceptors (Lipinski definition) is 6. The number of non-ortho nitro benzene ring substituents is 1. The van der Waals surface area contributed by atoms with E-state index >= 15 is 0 Å². The zero-order chi connectivity index (χ0) is 22.3.